The minimum absolute atomic E-state index is 0.0287. The monoisotopic (exact) mass is 246 g/mol. The fraction of sp³-hybridized carbons (Fsp3) is 0.818. The van der Waals surface area contributed by atoms with Crippen LogP contribution in [0, 0.1) is 0 Å². The topological polar surface area (TPSA) is 71.1 Å². The fourth-order valence-electron chi connectivity index (χ4n) is 1.53. The normalized spacial score (nSPS) is 24.1. The first-order chi connectivity index (χ1) is 7.80. The van der Waals surface area contributed by atoms with Gasteiger partial charge in [-0.1, -0.05) is 0 Å². The van der Waals surface area contributed by atoms with Crippen LogP contribution < -0.4 is 0 Å². The summed E-state index contributed by atoms with van der Waals surface area (Å²) in [4.78, 5) is 21.7. The van der Waals surface area contributed by atoms with E-state index >= 15 is 0 Å². The van der Waals surface area contributed by atoms with E-state index in [1.807, 2.05) is 0 Å². The van der Waals surface area contributed by atoms with Crippen LogP contribution in [0.25, 0.3) is 0 Å². The zero-order valence-electron chi connectivity index (χ0n) is 10.5. The van der Waals surface area contributed by atoms with Gasteiger partial charge in [0.1, 0.15) is 12.7 Å². The van der Waals surface area contributed by atoms with Crippen LogP contribution >= 0.6 is 0 Å². The van der Waals surface area contributed by atoms with Gasteiger partial charge >= 0.3 is 11.9 Å². The molecule has 1 saturated heterocycles. The van der Waals surface area contributed by atoms with E-state index in [-0.39, 0.29) is 6.61 Å². The molecule has 98 valence electrons. The molecule has 0 saturated carbocycles. The lowest BCUT2D eigenvalue weighted by Gasteiger charge is -2.23. The van der Waals surface area contributed by atoms with Crippen LogP contribution in [0.4, 0.5) is 0 Å². The Balaban J connectivity index is 2.56. The molecular weight excluding hydrogens is 228 g/mol. The van der Waals surface area contributed by atoms with Gasteiger partial charge < -0.3 is 18.9 Å². The maximum Gasteiger partial charge on any atom is 0.303 e. The zero-order chi connectivity index (χ0) is 13.1. The van der Waals surface area contributed by atoms with Crippen LogP contribution in [0.15, 0.2) is 0 Å². The Morgan fingerprint density at radius 2 is 2.00 bits per heavy atom. The Morgan fingerprint density at radius 1 is 1.35 bits per heavy atom. The quantitative estimate of drug-likeness (QED) is 0.678. The second-order valence-corrected chi connectivity index (χ2v) is 4.32. The van der Waals surface area contributed by atoms with E-state index in [0.29, 0.717) is 6.61 Å². The van der Waals surface area contributed by atoms with E-state index < -0.39 is 29.9 Å². The number of carbonyl (C=O) groups is 2. The maximum atomic E-state index is 11.0. The Bertz CT molecular complexity index is 298. The number of rotatable bonds is 4. The van der Waals surface area contributed by atoms with Crippen molar-refractivity contribution >= 4 is 11.9 Å². The van der Waals surface area contributed by atoms with Crippen LogP contribution in [-0.4, -0.2) is 43.1 Å². The lowest BCUT2D eigenvalue weighted by molar-refractivity contribution is -0.177. The van der Waals surface area contributed by atoms with Gasteiger partial charge in [0.2, 0.25) is 0 Å². The van der Waals surface area contributed by atoms with Crippen molar-refractivity contribution in [3.8, 4) is 0 Å². The molecule has 0 aromatic rings. The number of hydrogen-bond donors (Lipinski definition) is 0. The third-order valence-electron chi connectivity index (χ3n) is 2.21. The molecule has 17 heavy (non-hydrogen) atoms. The highest BCUT2D eigenvalue weighted by molar-refractivity contribution is 5.67. The largest absolute Gasteiger partial charge is 0.462 e. The Morgan fingerprint density at radius 3 is 2.41 bits per heavy atom. The molecule has 1 rings (SSSR count). The third-order valence-corrected chi connectivity index (χ3v) is 2.21. The molecular formula is C11H18O6. The summed E-state index contributed by atoms with van der Waals surface area (Å²) in [5.74, 6) is -1.59. The molecule has 1 aliphatic rings. The molecule has 0 unspecified atom stereocenters. The number of carbonyl (C=O) groups excluding carboxylic acids is 2. The fourth-order valence-corrected chi connectivity index (χ4v) is 1.53. The first-order valence-electron chi connectivity index (χ1n) is 5.42. The Kier molecular flexibility index (Phi) is 4.47. The molecule has 0 aromatic carbocycles. The predicted octanol–water partition coefficient (Wildman–Crippen LogP) is 0.633. The SMILES string of the molecule is CC(=O)OC[C@H](OC(C)=O)[C@H]1COC(C)(C)O1. The maximum absolute atomic E-state index is 11.0. The summed E-state index contributed by atoms with van der Waals surface area (Å²) < 4.78 is 20.8. The molecule has 6 heteroatoms. The molecule has 6 nitrogen and oxygen atoms in total. The third kappa shape index (κ3) is 4.70. The minimum atomic E-state index is -0.709. The van der Waals surface area contributed by atoms with Gasteiger partial charge in [0.15, 0.2) is 11.9 Å². The summed E-state index contributed by atoms with van der Waals surface area (Å²) in [7, 11) is 0. The average molecular weight is 246 g/mol. The van der Waals surface area contributed by atoms with E-state index in [4.69, 9.17) is 18.9 Å². The minimum Gasteiger partial charge on any atom is -0.462 e. The van der Waals surface area contributed by atoms with E-state index in [0.717, 1.165) is 0 Å². The van der Waals surface area contributed by atoms with Crippen molar-refractivity contribution in [3.05, 3.63) is 0 Å². The van der Waals surface area contributed by atoms with E-state index in [9.17, 15) is 9.59 Å². The van der Waals surface area contributed by atoms with Gasteiger partial charge in [-0.05, 0) is 13.8 Å². The highest BCUT2D eigenvalue weighted by Gasteiger charge is 2.39. The van der Waals surface area contributed by atoms with E-state index in [1.165, 1.54) is 13.8 Å². The summed E-state index contributed by atoms with van der Waals surface area (Å²) in [6.07, 6.45) is -1.06. The summed E-state index contributed by atoms with van der Waals surface area (Å²) in [6.45, 7) is 6.39. The van der Waals surface area contributed by atoms with Gasteiger partial charge in [0.25, 0.3) is 0 Å². The summed E-state index contributed by atoms with van der Waals surface area (Å²) in [6, 6.07) is 0. The molecule has 1 heterocycles. The molecule has 1 aliphatic heterocycles. The molecule has 0 radical (unpaired) electrons. The van der Waals surface area contributed by atoms with Gasteiger partial charge in [-0.2, -0.15) is 0 Å². The summed E-state index contributed by atoms with van der Waals surface area (Å²) >= 11 is 0. The second-order valence-electron chi connectivity index (χ2n) is 4.32. The highest BCUT2D eigenvalue weighted by Crippen LogP contribution is 2.25. The lowest BCUT2D eigenvalue weighted by Crippen LogP contribution is -2.38. The van der Waals surface area contributed by atoms with E-state index in [1.54, 1.807) is 13.8 Å². The molecule has 0 aromatic heterocycles. The van der Waals surface area contributed by atoms with Gasteiger partial charge in [-0.15, -0.1) is 0 Å². The van der Waals surface area contributed by atoms with Crippen LogP contribution in [0.3, 0.4) is 0 Å². The van der Waals surface area contributed by atoms with Crippen molar-refractivity contribution in [2.45, 2.75) is 45.7 Å². The average Bonchev–Trinajstić information content (AvgIpc) is 2.52. The lowest BCUT2D eigenvalue weighted by atomic mass is 10.2. The standard InChI is InChI=1S/C11H18O6/c1-7(12)14-5-9(16-8(2)13)10-6-15-11(3,4)17-10/h9-10H,5-6H2,1-4H3/t9-,10+/m0/s1. The highest BCUT2D eigenvalue weighted by atomic mass is 16.8. The Labute approximate surface area is 100 Å². The van der Waals surface area contributed by atoms with Crippen LogP contribution in [0.5, 0.6) is 0 Å². The first-order valence-corrected chi connectivity index (χ1v) is 5.42. The molecule has 0 amide bonds. The predicted molar refractivity (Wildman–Crippen MR) is 57.1 cm³/mol. The van der Waals surface area contributed by atoms with Crippen LogP contribution in [-0.2, 0) is 28.5 Å². The van der Waals surface area contributed by atoms with Crippen molar-refractivity contribution in [2.75, 3.05) is 13.2 Å². The van der Waals surface area contributed by atoms with E-state index in [2.05, 4.69) is 0 Å². The molecule has 0 aliphatic carbocycles. The molecule has 1 fully saturated rings. The zero-order valence-corrected chi connectivity index (χ0v) is 10.5. The first kappa shape index (κ1) is 13.9. The van der Waals surface area contributed by atoms with Gasteiger partial charge in [0, 0.05) is 13.8 Å². The van der Waals surface area contributed by atoms with Crippen molar-refractivity contribution in [3.63, 3.8) is 0 Å². The van der Waals surface area contributed by atoms with Crippen molar-refractivity contribution in [1.29, 1.82) is 0 Å². The second kappa shape index (κ2) is 5.46. The van der Waals surface area contributed by atoms with Crippen LogP contribution in [0.1, 0.15) is 27.7 Å². The van der Waals surface area contributed by atoms with Gasteiger partial charge in [-0.25, -0.2) is 0 Å². The number of esters is 2. The van der Waals surface area contributed by atoms with Gasteiger partial charge in [-0.3, -0.25) is 9.59 Å². The number of ether oxygens (including phenoxy) is 4. The number of hydrogen-bond acceptors (Lipinski definition) is 6. The summed E-state index contributed by atoms with van der Waals surface area (Å²) in [5.41, 5.74) is 0. The van der Waals surface area contributed by atoms with Gasteiger partial charge in [0.05, 0.1) is 6.61 Å². The van der Waals surface area contributed by atoms with Crippen molar-refractivity contribution < 1.29 is 28.5 Å². The summed E-state index contributed by atoms with van der Waals surface area (Å²) in [5, 5.41) is 0. The molecule has 0 N–H and O–H groups in total. The smallest absolute Gasteiger partial charge is 0.303 e. The van der Waals surface area contributed by atoms with Crippen molar-refractivity contribution in [2.24, 2.45) is 0 Å². The van der Waals surface area contributed by atoms with Crippen molar-refractivity contribution in [1.82, 2.24) is 0 Å². The van der Waals surface area contributed by atoms with Crippen LogP contribution in [0.2, 0.25) is 0 Å². The molecule has 0 spiro atoms. The Hall–Kier alpha value is -1.14. The molecule has 0 bridgehead atoms. The molecule has 2 atom stereocenters.